The maximum atomic E-state index is 12.5. The van der Waals surface area contributed by atoms with E-state index >= 15 is 0 Å². The molecule has 0 heterocycles. The van der Waals surface area contributed by atoms with Gasteiger partial charge in [-0.05, 0) is 49.4 Å². The quantitative estimate of drug-likeness (QED) is 0.447. The van der Waals surface area contributed by atoms with E-state index in [4.69, 9.17) is 21.1 Å². The van der Waals surface area contributed by atoms with Crippen molar-refractivity contribution in [3.8, 4) is 11.5 Å². The number of halogens is 1. The van der Waals surface area contributed by atoms with Gasteiger partial charge in [0.1, 0.15) is 5.75 Å². The second kappa shape index (κ2) is 10.9. The van der Waals surface area contributed by atoms with Crippen LogP contribution in [-0.2, 0) is 20.3 Å². The number of hydrogen-bond donors (Lipinski definition) is 1. The third-order valence-electron chi connectivity index (χ3n) is 4.41. The molecule has 0 bridgehead atoms. The zero-order valence-corrected chi connectivity index (χ0v) is 19.2. The van der Waals surface area contributed by atoms with E-state index in [0.29, 0.717) is 32.9 Å². The van der Waals surface area contributed by atoms with Crippen molar-refractivity contribution in [3.05, 3.63) is 82.9 Å². The Morgan fingerprint density at radius 1 is 1.03 bits per heavy atom. The van der Waals surface area contributed by atoms with Crippen LogP contribution in [0.25, 0.3) is 0 Å². The predicted molar refractivity (Wildman–Crippen MR) is 125 cm³/mol. The Kier molecular flexibility index (Phi) is 8.03. The smallest absolute Gasteiger partial charge is 0.339 e. The molecular formula is C24H22ClNO5S. The zero-order valence-electron chi connectivity index (χ0n) is 17.6. The molecule has 0 spiro atoms. The molecule has 1 amide bonds. The van der Waals surface area contributed by atoms with E-state index in [1.165, 1.54) is 6.07 Å². The molecule has 0 aliphatic rings. The number of ether oxygens (including phenoxy) is 2. The predicted octanol–water partition coefficient (Wildman–Crippen LogP) is 5.36. The maximum Gasteiger partial charge on any atom is 0.339 e. The van der Waals surface area contributed by atoms with E-state index in [1.807, 2.05) is 31.2 Å². The minimum absolute atomic E-state index is 0.173. The van der Waals surface area contributed by atoms with Crippen molar-refractivity contribution < 1.29 is 23.3 Å². The summed E-state index contributed by atoms with van der Waals surface area (Å²) in [7, 11) is -1.33. The van der Waals surface area contributed by atoms with Crippen LogP contribution in [0.1, 0.15) is 22.8 Å². The van der Waals surface area contributed by atoms with E-state index in [9.17, 15) is 13.8 Å². The van der Waals surface area contributed by atoms with Crippen LogP contribution in [0.3, 0.4) is 0 Å². The van der Waals surface area contributed by atoms with Gasteiger partial charge < -0.3 is 14.8 Å². The maximum absolute atomic E-state index is 12.5. The Labute approximate surface area is 194 Å². The molecule has 1 atom stereocenters. The molecule has 0 radical (unpaired) electrons. The fourth-order valence-electron chi connectivity index (χ4n) is 2.81. The van der Waals surface area contributed by atoms with Gasteiger partial charge in [0.25, 0.3) is 5.91 Å². The molecule has 0 aliphatic carbocycles. The van der Waals surface area contributed by atoms with Crippen LogP contribution in [0.15, 0.2) is 71.6 Å². The number of carbonyl (C=O) groups is 2. The van der Waals surface area contributed by atoms with Gasteiger partial charge in [-0.2, -0.15) is 0 Å². The lowest BCUT2D eigenvalue weighted by atomic mass is 10.2. The van der Waals surface area contributed by atoms with Gasteiger partial charge in [0.15, 0.2) is 12.4 Å². The van der Waals surface area contributed by atoms with Crippen molar-refractivity contribution in [2.75, 3.05) is 17.7 Å². The summed E-state index contributed by atoms with van der Waals surface area (Å²) >= 11 is 6.07. The monoisotopic (exact) mass is 471 g/mol. The number of nitrogens with one attached hydrogen (secondary N) is 1. The van der Waals surface area contributed by atoms with E-state index in [-0.39, 0.29) is 5.56 Å². The lowest BCUT2D eigenvalue weighted by Crippen LogP contribution is -2.22. The third kappa shape index (κ3) is 6.18. The molecule has 3 rings (SSSR count). The highest BCUT2D eigenvalue weighted by Crippen LogP contribution is 2.32. The number of carbonyl (C=O) groups excluding carboxylic acids is 2. The third-order valence-corrected chi connectivity index (χ3v) is 6.02. The van der Waals surface area contributed by atoms with Gasteiger partial charge in [-0.3, -0.25) is 9.00 Å². The molecule has 0 aliphatic heterocycles. The number of rotatable bonds is 8. The average Bonchev–Trinajstić information content (AvgIpc) is 2.80. The van der Waals surface area contributed by atoms with Gasteiger partial charge in [-0.1, -0.05) is 48.4 Å². The first-order valence-electron chi connectivity index (χ1n) is 9.86. The fourth-order valence-corrected chi connectivity index (χ4v) is 3.92. The number of benzene rings is 3. The molecule has 166 valence electrons. The van der Waals surface area contributed by atoms with Crippen LogP contribution in [-0.4, -0.2) is 28.4 Å². The second-order valence-corrected chi connectivity index (χ2v) is 8.95. The summed E-state index contributed by atoms with van der Waals surface area (Å²) in [4.78, 5) is 25.3. The number of amides is 1. The Hall–Kier alpha value is -3.16. The van der Waals surface area contributed by atoms with Crippen molar-refractivity contribution >= 4 is 40.0 Å². The van der Waals surface area contributed by atoms with Gasteiger partial charge >= 0.3 is 5.97 Å². The summed E-state index contributed by atoms with van der Waals surface area (Å²) < 4.78 is 23.1. The Balaban J connectivity index is 1.68. The average molecular weight is 472 g/mol. The highest BCUT2D eigenvalue weighted by Gasteiger charge is 2.18. The van der Waals surface area contributed by atoms with Crippen LogP contribution < -0.4 is 10.1 Å². The van der Waals surface area contributed by atoms with Crippen LogP contribution in [0, 0.1) is 6.92 Å². The fraction of sp³-hybridized carbons (Fsp3) is 0.167. The van der Waals surface area contributed by atoms with Crippen LogP contribution >= 0.6 is 11.6 Å². The molecule has 0 aromatic heterocycles. The molecule has 0 saturated heterocycles. The highest BCUT2D eigenvalue weighted by molar-refractivity contribution is 7.85. The van der Waals surface area contributed by atoms with Gasteiger partial charge in [-0.15, -0.1) is 0 Å². The van der Waals surface area contributed by atoms with Crippen molar-refractivity contribution in [2.45, 2.75) is 18.7 Å². The standard InChI is InChI=1S/C24H22ClNO5S/c1-3-32(29)22-7-5-4-6-19(22)24(28)30-15-23(27)26-20-14-17(25)10-13-21(20)31-18-11-8-16(2)9-12-18/h4-14H,3,15H2,1-2H3,(H,26,27). The SMILES string of the molecule is CCS(=O)c1ccccc1C(=O)OCC(=O)Nc1cc(Cl)ccc1Oc1ccc(C)cc1. The Morgan fingerprint density at radius 2 is 1.75 bits per heavy atom. The van der Waals surface area contributed by atoms with Crippen LogP contribution in [0.2, 0.25) is 5.02 Å². The summed E-state index contributed by atoms with van der Waals surface area (Å²) in [6.07, 6.45) is 0. The highest BCUT2D eigenvalue weighted by atomic mass is 35.5. The number of aryl methyl sites for hydroxylation is 1. The summed E-state index contributed by atoms with van der Waals surface area (Å²) in [5.74, 6) is 0.0637. The summed E-state index contributed by atoms with van der Waals surface area (Å²) in [6.45, 7) is 3.20. The minimum Gasteiger partial charge on any atom is -0.455 e. The normalized spacial score (nSPS) is 11.5. The lowest BCUT2D eigenvalue weighted by molar-refractivity contribution is -0.119. The lowest BCUT2D eigenvalue weighted by Gasteiger charge is -2.13. The van der Waals surface area contributed by atoms with E-state index in [2.05, 4.69) is 5.32 Å². The molecule has 3 aromatic rings. The van der Waals surface area contributed by atoms with Gasteiger partial charge in [0.05, 0.1) is 26.9 Å². The Bertz CT molecular complexity index is 1150. The van der Waals surface area contributed by atoms with Crippen LogP contribution in [0.5, 0.6) is 11.5 Å². The number of anilines is 1. The van der Waals surface area contributed by atoms with Crippen molar-refractivity contribution in [1.29, 1.82) is 0 Å². The molecule has 1 unspecified atom stereocenters. The minimum atomic E-state index is -1.33. The van der Waals surface area contributed by atoms with E-state index in [1.54, 1.807) is 43.3 Å². The molecule has 1 N–H and O–H groups in total. The van der Waals surface area contributed by atoms with Crippen molar-refractivity contribution in [1.82, 2.24) is 0 Å². The largest absolute Gasteiger partial charge is 0.455 e. The summed E-state index contributed by atoms with van der Waals surface area (Å²) in [6, 6.07) is 18.7. The van der Waals surface area contributed by atoms with E-state index in [0.717, 1.165) is 5.56 Å². The molecule has 6 nitrogen and oxygen atoms in total. The topological polar surface area (TPSA) is 81.7 Å². The van der Waals surface area contributed by atoms with Gasteiger partial charge in [0, 0.05) is 10.8 Å². The van der Waals surface area contributed by atoms with Gasteiger partial charge in [-0.25, -0.2) is 4.79 Å². The van der Waals surface area contributed by atoms with Crippen molar-refractivity contribution in [3.63, 3.8) is 0 Å². The molecule has 3 aromatic carbocycles. The first-order chi connectivity index (χ1) is 15.4. The second-order valence-electron chi connectivity index (χ2n) is 6.81. The summed E-state index contributed by atoms with van der Waals surface area (Å²) in [5, 5.41) is 3.06. The number of hydrogen-bond acceptors (Lipinski definition) is 5. The molecule has 0 fully saturated rings. The molecule has 0 saturated carbocycles. The first-order valence-corrected chi connectivity index (χ1v) is 11.6. The van der Waals surface area contributed by atoms with Crippen molar-refractivity contribution in [2.24, 2.45) is 0 Å². The van der Waals surface area contributed by atoms with Crippen LogP contribution in [0.4, 0.5) is 5.69 Å². The molecular weight excluding hydrogens is 450 g/mol. The van der Waals surface area contributed by atoms with E-state index < -0.39 is 29.3 Å². The number of esters is 1. The molecule has 32 heavy (non-hydrogen) atoms. The first kappa shape index (κ1) is 23.5. The van der Waals surface area contributed by atoms with Gasteiger partial charge in [0.2, 0.25) is 0 Å². The molecule has 8 heteroatoms. The Morgan fingerprint density at radius 3 is 2.47 bits per heavy atom. The summed E-state index contributed by atoms with van der Waals surface area (Å²) in [5.41, 5.74) is 1.60. The zero-order chi connectivity index (χ0) is 23.1.